The molecule has 10 heteroatoms. The zero-order valence-corrected chi connectivity index (χ0v) is 13.7. The van der Waals surface area contributed by atoms with E-state index in [0.717, 1.165) is 33.5 Å². The summed E-state index contributed by atoms with van der Waals surface area (Å²) in [6.07, 6.45) is -0.926. The Morgan fingerprint density at radius 1 is 1.12 bits per heavy atom. The van der Waals surface area contributed by atoms with Gasteiger partial charge in [0.05, 0.1) is 32.3 Å². The first kappa shape index (κ1) is 20.0. The number of nitrogens with zero attached hydrogens (tertiary/aromatic N) is 1. The van der Waals surface area contributed by atoms with Gasteiger partial charge in [-0.3, -0.25) is 24.5 Å². The average Bonchev–Trinajstić information content (AvgIpc) is 2.61. The Kier molecular flexibility index (Phi) is 6.54. The molecule has 0 aliphatic heterocycles. The van der Waals surface area contributed by atoms with Crippen molar-refractivity contribution in [2.75, 3.05) is 21.3 Å². The molecule has 0 heterocycles. The quantitative estimate of drug-likeness (QED) is 0.235. The van der Waals surface area contributed by atoms with E-state index in [9.17, 15) is 28.9 Å². The summed E-state index contributed by atoms with van der Waals surface area (Å²) in [7, 11) is 3.05. The van der Waals surface area contributed by atoms with Crippen LogP contribution in [-0.4, -0.2) is 44.2 Å². The molecule has 0 aliphatic rings. The number of benzene rings is 1. The largest absolute Gasteiger partial charge is 0.469 e. The minimum absolute atomic E-state index is 0.420. The predicted octanol–water partition coefficient (Wildman–Crippen LogP) is 1.27. The second kappa shape index (κ2) is 8.18. The molecule has 136 valence electrons. The van der Waals surface area contributed by atoms with Crippen molar-refractivity contribution in [3.05, 3.63) is 39.7 Å². The summed E-state index contributed by atoms with van der Waals surface area (Å²) in [4.78, 5) is 46.0. The number of nitro groups is 1. The molecule has 0 saturated carbocycles. The van der Waals surface area contributed by atoms with Crippen LogP contribution in [-0.2, 0) is 34.0 Å². The number of esters is 3. The van der Waals surface area contributed by atoms with Gasteiger partial charge in [0, 0.05) is 18.1 Å². The third kappa shape index (κ3) is 3.90. The first-order valence-electron chi connectivity index (χ1n) is 6.92. The van der Waals surface area contributed by atoms with Crippen LogP contribution in [0.5, 0.6) is 0 Å². The van der Waals surface area contributed by atoms with Crippen LogP contribution in [0.1, 0.15) is 18.4 Å². The molecule has 0 spiro atoms. The maximum atomic E-state index is 14.5. The highest BCUT2D eigenvalue weighted by molar-refractivity contribution is 6.06. The second-order valence-electron chi connectivity index (χ2n) is 4.89. The van der Waals surface area contributed by atoms with Crippen LogP contribution in [0.3, 0.4) is 0 Å². The summed E-state index contributed by atoms with van der Waals surface area (Å²) in [5.41, 5.74) is -3.38. The molecule has 1 aromatic carbocycles. The van der Waals surface area contributed by atoms with Crippen molar-refractivity contribution in [2.24, 2.45) is 0 Å². The Hall–Kier alpha value is -3.04. The Bertz CT molecular complexity index is 687. The van der Waals surface area contributed by atoms with Gasteiger partial charge in [0.15, 0.2) is 5.41 Å². The topological polar surface area (TPSA) is 122 Å². The summed E-state index contributed by atoms with van der Waals surface area (Å²) in [6.45, 7) is 0. The molecule has 0 fully saturated rings. The van der Waals surface area contributed by atoms with E-state index < -0.39 is 58.2 Å². The van der Waals surface area contributed by atoms with E-state index in [1.165, 1.54) is 0 Å². The highest BCUT2D eigenvalue weighted by Crippen LogP contribution is 2.36. The number of nitro benzene ring substituents is 1. The minimum Gasteiger partial charge on any atom is -0.469 e. The van der Waals surface area contributed by atoms with Gasteiger partial charge in [0.1, 0.15) is 5.82 Å². The lowest BCUT2D eigenvalue weighted by Crippen LogP contribution is -2.46. The molecule has 0 aromatic heterocycles. The van der Waals surface area contributed by atoms with Crippen LogP contribution in [0.4, 0.5) is 10.1 Å². The number of methoxy groups -OCH3 is 3. The maximum absolute atomic E-state index is 14.5. The molecule has 1 rings (SSSR count). The van der Waals surface area contributed by atoms with Crippen LogP contribution in [0.25, 0.3) is 0 Å². The summed E-state index contributed by atoms with van der Waals surface area (Å²) in [5.74, 6) is -4.28. The number of rotatable bonds is 7. The summed E-state index contributed by atoms with van der Waals surface area (Å²) in [5, 5.41) is 10.7. The fourth-order valence-corrected chi connectivity index (χ4v) is 2.35. The number of non-ortho nitro benzene ring substituents is 1. The van der Waals surface area contributed by atoms with E-state index in [-0.39, 0.29) is 0 Å². The van der Waals surface area contributed by atoms with Gasteiger partial charge in [-0.1, -0.05) is 0 Å². The molecule has 0 aliphatic carbocycles. The predicted molar refractivity (Wildman–Crippen MR) is 80.0 cm³/mol. The second-order valence-corrected chi connectivity index (χ2v) is 4.89. The Morgan fingerprint density at radius 3 is 2.08 bits per heavy atom. The lowest BCUT2D eigenvalue weighted by Gasteiger charge is -2.28. The average molecular weight is 357 g/mol. The number of halogens is 1. The molecule has 0 N–H and O–H groups in total. The van der Waals surface area contributed by atoms with E-state index in [1.807, 2.05) is 0 Å². The van der Waals surface area contributed by atoms with E-state index in [2.05, 4.69) is 14.2 Å². The van der Waals surface area contributed by atoms with E-state index >= 15 is 0 Å². The molecule has 0 atom stereocenters. The van der Waals surface area contributed by atoms with Crippen LogP contribution < -0.4 is 0 Å². The molecule has 0 unspecified atom stereocenters. The fraction of sp³-hybridized carbons (Fsp3) is 0.400. The van der Waals surface area contributed by atoms with Gasteiger partial charge < -0.3 is 14.2 Å². The van der Waals surface area contributed by atoms with Crippen molar-refractivity contribution in [3.63, 3.8) is 0 Å². The zero-order valence-electron chi connectivity index (χ0n) is 13.7. The minimum atomic E-state index is -2.31. The summed E-state index contributed by atoms with van der Waals surface area (Å²) in [6, 6.07) is 2.41. The fourth-order valence-electron chi connectivity index (χ4n) is 2.35. The van der Waals surface area contributed by atoms with Crippen LogP contribution in [0.2, 0.25) is 0 Å². The van der Waals surface area contributed by atoms with Crippen molar-refractivity contribution < 1.29 is 37.9 Å². The van der Waals surface area contributed by atoms with Gasteiger partial charge in [0.25, 0.3) is 5.69 Å². The maximum Gasteiger partial charge on any atom is 0.327 e. The van der Waals surface area contributed by atoms with Crippen molar-refractivity contribution in [1.82, 2.24) is 0 Å². The highest BCUT2D eigenvalue weighted by atomic mass is 19.1. The lowest BCUT2D eigenvalue weighted by molar-refractivity contribution is -0.385. The Morgan fingerprint density at radius 2 is 1.68 bits per heavy atom. The number of carbonyl (C=O) groups is 3. The molecule has 0 amide bonds. The molecular formula is C15H16FNO8. The van der Waals surface area contributed by atoms with Gasteiger partial charge in [0.2, 0.25) is 0 Å². The molecule has 0 saturated heterocycles. The SMILES string of the molecule is COC(=O)CCC(C(=O)OC)(C(=O)OC)c1ccc([N+](=O)[O-])cc1F. The zero-order chi connectivity index (χ0) is 19.2. The van der Waals surface area contributed by atoms with Crippen molar-refractivity contribution in [1.29, 1.82) is 0 Å². The van der Waals surface area contributed by atoms with E-state index in [4.69, 9.17) is 0 Å². The summed E-state index contributed by atoms with van der Waals surface area (Å²) >= 11 is 0. The van der Waals surface area contributed by atoms with Crippen LogP contribution in [0.15, 0.2) is 18.2 Å². The number of carbonyl (C=O) groups excluding carboxylic acids is 3. The Balaban J connectivity index is 3.57. The van der Waals surface area contributed by atoms with Crippen molar-refractivity contribution in [3.8, 4) is 0 Å². The van der Waals surface area contributed by atoms with Crippen LogP contribution >= 0.6 is 0 Å². The molecule has 0 bridgehead atoms. The highest BCUT2D eigenvalue weighted by Gasteiger charge is 2.52. The normalized spacial score (nSPS) is 10.7. The van der Waals surface area contributed by atoms with Gasteiger partial charge in [-0.2, -0.15) is 0 Å². The van der Waals surface area contributed by atoms with Crippen molar-refractivity contribution >= 4 is 23.6 Å². The lowest BCUT2D eigenvalue weighted by atomic mass is 9.76. The molecular weight excluding hydrogens is 341 g/mol. The van der Waals surface area contributed by atoms with Gasteiger partial charge in [-0.15, -0.1) is 0 Å². The number of hydrogen-bond acceptors (Lipinski definition) is 8. The van der Waals surface area contributed by atoms with Crippen molar-refractivity contribution in [2.45, 2.75) is 18.3 Å². The number of ether oxygens (including phenoxy) is 3. The standard InChI is InChI=1S/C15H16FNO8/c1-23-12(18)6-7-15(13(19)24-2,14(20)25-3)10-5-4-9(17(21)22)8-11(10)16/h4-5,8H,6-7H2,1-3H3. The number of hydrogen-bond donors (Lipinski definition) is 0. The third-order valence-corrected chi connectivity index (χ3v) is 3.62. The first-order chi connectivity index (χ1) is 11.7. The molecule has 0 radical (unpaired) electrons. The van der Waals surface area contributed by atoms with Crippen LogP contribution in [0, 0.1) is 15.9 Å². The molecule has 25 heavy (non-hydrogen) atoms. The summed E-state index contributed by atoms with van der Waals surface area (Å²) < 4.78 is 28.1. The third-order valence-electron chi connectivity index (χ3n) is 3.62. The van der Waals surface area contributed by atoms with Gasteiger partial charge in [-0.25, -0.2) is 4.39 Å². The first-order valence-corrected chi connectivity index (χ1v) is 6.92. The molecule has 9 nitrogen and oxygen atoms in total. The van der Waals surface area contributed by atoms with Gasteiger partial charge in [-0.05, 0) is 12.5 Å². The van der Waals surface area contributed by atoms with E-state index in [1.54, 1.807) is 0 Å². The van der Waals surface area contributed by atoms with Gasteiger partial charge >= 0.3 is 17.9 Å². The van der Waals surface area contributed by atoms with E-state index in [0.29, 0.717) is 6.07 Å². The molecule has 1 aromatic rings. The monoisotopic (exact) mass is 357 g/mol. The smallest absolute Gasteiger partial charge is 0.327 e. The Labute approximate surface area is 141 Å².